The lowest BCUT2D eigenvalue weighted by atomic mass is 10.2. The summed E-state index contributed by atoms with van der Waals surface area (Å²) in [5, 5.41) is 3.62. The summed E-state index contributed by atoms with van der Waals surface area (Å²) in [5.74, 6) is -0.962. The summed E-state index contributed by atoms with van der Waals surface area (Å²) < 4.78 is 31.0. The molecule has 0 spiro atoms. The average molecular weight is 290 g/mol. The van der Waals surface area contributed by atoms with E-state index in [2.05, 4.69) is 10.5 Å². The van der Waals surface area contributed by atoms with Gasteiger partial charge in [0.25, 0.3) is 5.91 Å². The minimum absolute atomic E-state index is 0.261. The Kier molecular flexibility index (Phi) is 4.98. The third kappa shape index (κ3) is 4.68. The smallest absolute Gasteiger partial charge is 0.277 e. The maximum atomic E-state index is 13.3. The van der Waals surface area contributed by atoms with Crippen LogP contribution in [0.4, 0.5) is 8.78 Å². The zero-order valence-corrected chi connectivity index (χ0v) is 10.9. The number of amides is 1. The molecule has 0 unspecified atom stereocenters. The number of hydrazone groups is 1. The van der Waals surface area contributed by atoms with Crippen molar-refractivity contribution in [3.05, 3.63) is 65.7 Å². The van der Waals surface area contributed by atoms with Crippen molar-refractivity contribution >= 4 is 12.1 Å². The third-order valence-corrected chi connectivity index (χ3v) is 2.48. The first-order chi connectivity index (χ1) is 10.1. The van der Waals surface area contributed by atoms with Crippen LogP contribution in [0.15, 0.2) is 53.6 Å². The second-order valence-corrected chi connectivity index (χ2v) is 4.06. The topological polar surface area (TPSA) is 50.7 Å². The van der Waals surface area contributed by atoms with Crippen molar-refractivity contribution in [1.29, 1.82) is 0 Å². The summed E-state index contributed by atoms with van der Waals surface area (Å²) in [7, 11) is 0. The van der Waals surface area contributed by atoms with Gasteiger partial charge in [-0.05, 0) is 30.3 Å². The van der Waals surface area contributed by atoms with Gasteiger partial charge in [0.1, 0.15) is 17.4 Å². The molecule has 0 aromatic heterocycles. The summed E-state index contributed by atoms with van der Waals surface area (Å²) in [4.78, 5) is 11.4. The van der Waals surface area contributed by atoms with Crippen LogP contribution in [-0.4, -0.2) is 18.7 Å². The predicted molar refractivity (Wildman–Crippen MR) is 74.0 cm³/mol. The quantitative estimate of drug-likeness (QED) is 0.679. The van der Waals surface area contributed by atoms with Crippen molar-refractivity contribution in [2.75, 3.05) is 6.61 Å². The first kappa shape index (κ1) is 14.6. The molecule has 0 aliphatic heterocycles. The van der Waals surface area contributed by atoms with Crippen LogP contribution in [0.2, 0.25) is 0 Å². The monoisotopic (exact) mass is 290 g/mol. The maximum Gasteiger partial charge on any atom is 0.277 e. The van der Waals surface area contributed by atoms with Crippen LogP contribution < -0.4 is 10.2 Å². The molecule has 4 nitrogen and oxygen atoms in total. The molecule has 0 heterocycles. The molecule has 6 heteroatoms. The molecule has 0 aliphatic rings. The molecule has 0 saturated carbocycles. The normalized spacial score (nSPS) is 10.6. The van der Waals surface area contributed by atoms with Crippen molar-refractivity contribution in [3.8, 4) is 5.75 Å². The number of hydrogen-bond acceptors (Lipinski definition) is 3. The summed E-state index contributed by atoms with van der Waals surface area (Å²) in [6.07, 6.45) is 1.20. The number of nitrogens with one attached hydrogen (secondary N) is 1. The van der Waals surface area contributed by atoms with E-state index < -0.39 is 11.7 Å². The summed E-state index contributed by atoms with van der Waals surface area (Å²) in [6.45, 7) is -0.278. The van der Waals surface area contributed by atoms with Crippen LogP contribution in [-0.2, 0) is 4.79 Å². The Morgan fingerprint density at radius 2 is 1.86 bits per heavy atom. The number of benzene rings is 2. The zero-order chi connectivity index (χ0) is 15.1. The molecule has 2 aromatic carbocycles. The first-order valence-corrected chi connectivity index (χ1v) is 6.10. The van der Waals surface area contributed by atoms with Gasteiger partial charge < -0.3 is 4.74 Å². The fraction of sp³-hybridized carbons (Fsp3) is 0.0667. The van der Waals surface area contributed by atoms with Crippen molar-refractivity contribution in [1.82, 2.24) is 5.43 Å². The highest BCUT2D eigenvalue weighted by Crippen LogP contribution is 2.10. The Labute approximate surface area is 120 Å². The molecule has 2 rings (SSSR count). The molecule has 0 radical (unpaired) electrons. The van der Waals surface area contributed by atoms with Crippen LogP contribution in [0.3, 0.4) is 0 Å². The number of nitrogens with zero attached hydrogens (tertiary/aromatic N) is 1. The van der Waals surface area contributed by atoms with E-state index in [1.807, 2.05) is 0 Å². The van der Waals surface area contributed by atoms with Crippen molar-refractivity contribution in [2.45, 2.75) is 0 Å². The van der Waals surface area contributed by atoms with Gasteiger partial charge in [-0.3, -0.25) is 4.79 Å². The van der Waals surface area contributed by atoms with Gasteiger partial charge in [-0.25, -0.2) is 14.2 Å². The van der Waals surface area contributed by atoms with Crippen molar-refractivity contribution < 1.29 is 18.3 Å². The Balaban J connectivity index is 1.80. The highest BCUT2D eigenvalue weighted by molar-refractivity contribution is 5.83. The maximum absolute atomic E-state index is 13.3. The van der Waals surface area contributed by atoms with Crippen LogP contribution >= 0.6 is 0 Å². The van der Waals surface area contributed by atoms with Crippen LogP contribution in [0.1, 0.15) is 5.56 Å². The van der Waals surface area contributed by atoms with Crippen LogP contribution in [0, 0.1) is 11.6 Å². The van der Waals surface area contributed by atoms with E-state index in [-0.39, 0.29) is 18.0 Å². The van der Waals surface area contributed by atoms with Gasteiger partial charge in [0, 0.05) is 5.56 Å². The largest absolute Gasteiger partial charge is 0.484 e. The SMILES string of the molecule is O=C(COc1ccc(F)cc1)N/N=C\c1ccccc1F. The predicted octanol–water partition coefficient (Wildman–Crippen LogP) is 2.49. The lowest BCUT2D eigenvalue weighted by Gasteiger charge is -2.04. The Morgan fingerprint density at radius 3 is 2.57 bits per heavy atom. The molecule has 0 aliphatic carbocycles. The Morgan fingerprint density at radius 1 is 1.14 bits per heavy atom. The number of hydrogen-bond donors (Lipinski definition) is 1. The number of rotatable bonds is 5. The molecule has 0 bridgehead atoms. The van der Waals surface area contributed by atoms with E-state index in [9.17, 15) is 13.6 Å². The second-order valence-electron chi connectivity index (χ2n) is 4.06. The lowest BCUT2D eigenvalue weighted by molar-refractivity contribution is -0.123. The van der Waals surface area contributed by atoms with Crippen LogP contribution in [0.5, 0.6) is 5.75 Å². The first-order valence-electron chi connectivity index (χ1n) is 6.10. The third-order valence-electron chi connectivity index (χ3n) is 2.48. The average Bonchev–Trinajstić information content (AvgIpc) is 2.49. The number of ether oxygens (including phenoxy) is 1. The molecule has 1 N–H and O–H groups in total. The standard InChI is InChI=1S/C15H12F2N2O2/c16-12-5-7-13(8-6-12)21-10-15(20)19-18-9-11-3-1-2-4-14(11)17/h1-9H,10H2,(H,19,20)/b18-9-. The van der Waals surface area contributed by atoms with Gasteiger partial charge in [-0.1, -0.05) is 18.2 Å². The zero-order valence-electron chi connectivity index (χ0n) is 10.9. The highest BCUT2D eigenvalue weighted by Gasteiger charge is 2.02. The van der Waals surface area contributed by atoms with E-state index in [0.717, 1.165) is 0 Å². The Bertz CT molecular complexity index is 642. The van der Waals surface area contributed by atoms with Gasteiger partial charge in [0.2, 0.25) is 0 Å². The van der Waals surface area contributed by atoms with Gasteiger partial charge in [-0.15, -0.1) is 0 Å². The minimum atomic E-state index is -0.507. The molecule has 108 valence electrons. The van der Waals surface area contributed by atoms with E-state index in [1.54, 1.807) is 12.1 Å². The minimum Gasteiger partial charge on any atom is -0.484 e. The van der Waals surface area contributed by atoms with E-state index in [0.29, 0.717) is 5.75 Å². The van der Waals surface area contributed by atoms with Gasteiger partial charge in [-0.2, -0.15) is 5.10 Å². The molecule has 2 aromatic rings. The van der Waals surface area contributed by atoms with Crippen molar-refractivity contribution in [2.24, 2.45) is 5.10 Å². The van der Waals surface area contributed by atoms with Gasteiger partial charge in [0.05, 0.1) is 6.21 Å². The fourth-order valence-corrected chi connectivity index (χ4v) is 1.47. The lowest BCUT2D eigenvalue weighted by Crippen LogP contribution is -2.24. The fourth-order valence-electron chi connectivity index (χ4n) is 1.47. The number of carbonyl (C=O) groups excluding carboxylic acids is 1. The molecule has 21 heavy (non-hydrogen) atoms. The summed E-state index contributed by atoms with van der Waals surface area (Å²) >= 11 is 0. The van der Waals surface area contributed by atoms with Crippen molar-refractivity contribution in [3.63, 3.8) is 0 Å². The van der Waals surface area contributed by atoms with Gasteiger partial charge in [0.15, 0.2) is 6.61 Å². The molecule has 0 atom stereocenters. The van der Waals surface area contributed by atoms with E-state index in [4.69, 9.17) is 4.74 Å². The Hall–Kier alpha value is -2.76. The highest BCUT2D eigenvalue weighted by atomic mass is 19.1. The molecule has 0 fully saturated rings. The summed E-state index contributed by atoms with van der Waals surface area (Å²) in [6, 6.07) is 11.3. The van der Waals surface area contributed by atoms with Gasteiger partial charge >= 0.3 is 0 Å². The molecular weight excluding hydrogens is 278 g/mol. The number of carbonyl (C=O) groups is 1. The van der Waals surface area contributed by atoms with E-state index >= 15 is 0 Å². The molecular formula is C15H12F2N2O2. The number of halogens is 2. The second kappa shape index (κ2) is 7.14. The van der Waals surface area contributed by atoms with E-state index in [1.165, 1.54) is 42.6 Å². The molecule has 0 saturated heterocycles. The summed E-state index contributed by atoms with van der Waals surface area (Å²) in [5.41, 5.74) is 2.47. The molecule has 1 amide bonds. The van der Waals surface area contributed by atoms with Crippen LogP contribution in [0.25, 0.3) is 0 Å².